The van der Waals surface area contributed by atoms with Gasteiger partial charge in [-0.05, 0) is 37.6 Å². The Kier molecular flexibility index (Phi) is 4.17. The van der Waals surface area contributed by atoms with Gasteiger partial charge >= 0.3 is 0 Å². The van der Waals surface area contributed by atoms with E-state index in [-0.39, 0.29) is 17.8 Å². The molecule has 2 rings (SSSR count). The van der Waals surface area contributed by atoms with Crippen molar-refractivity contribution in [2.75, 3.05) is 13.2 Å². The van der Waals surface area contributed by atoms with Crippen LogP contribution >= 0.6 is 0 Å². The minimum absolute atomic E-state index is 0.107. The second-order valence-electron chi connectivity index (χ2n) is 5.18. The molecule has 0 radical (unpaired) electrons. The number of nitrogens with one attached hydrogen (secondary N) is 1. The highest BCUT2D eigenvalue weighted by Crippen LogP contribution is 2.17. The van der Waals surface area contributed by atoms with E-state index in [4.69, 9.17) is 15.9 Å². The molecule has 1 aliphatic heterocycles. The molecule has 0 spiro atoms. The molecule has 0 aliphatic carbocycles. The van der Waals surface area contributed by atoms with Gasteiger partial charge in [0.25, 0.3) is 0 Å². The summed E-state index contributed by atoms with van der Waals surface area (Å²) in [5, 5.41) is 7.40. The Labute approximate surface area is 112 Å². The predicted molar refractivity (Wildman–Crippen MR) is 72.7 cm³/mol. The molecule has 2 unspecified atom stereocenters. The highest BCUT2D eigenvalue weighted by molar-refractivity contribution is 5.95. The molecule has 1 saturated heterocycles. The highest BCUT2D eigenvalue weighted by Gasteiger charge is 2.23. The zero-order valence-electron chi connectivity index (χ0n) is 11.3. The molecular formula is C14H20FN3O. The van der Waals surface area contributed by atoms with E-state index in [0.29, 0.717) is 24.8 Å². The zero-order valence-corrected chi connectivity index (χ0v) is 11.3. The third-order valence-electron chi connectivity index (χ3n) is 3.39. The monoisotopic (exact) mass is 265 g/mol. The standard InChI is InChI=1S/C14H20FN3O/c1-9-8-19-10(2)6-18(9)7-11-3-12(14(16)17)5-13(15)4-11/h3-5,9-10H,6-8H2,1-2H3,(H3,16,17). The van der Waals surface area contributed by atoms with Crippen molar-refractivity contribution < 1.29 is 9.13 Å². The molecule has 104 valence electrons. The summed E-state index contributed by atoms with van der Waals surface area (Å²) in [6.45, 7) is 6.29. The molecule has 1 aromatic rings. The number of ether oxygens (including phenoxy) is 1. The Morgan fingerprint density at radius 2 is 2.21 bits per heavy atom. The highest BCUT2D eigenvalue weighted by atomic mass is 19.1. The molecule has 1 aliphatic rings. The van der Waals surface area contributed by atoms with Gasteiger partial charge in [0.1, 0.15) is 11.7 Å². The first-order chi connectivity index (χ1) is 8.95. The molecule has 0 aromatic heterocycles. The predicted octanol–water partition coefficient (Wildman–Crippen LogP) is 1.72. The lowest BCUT2D eigenvalue weighted by molar-refractivity contribution is -0.0526. The third kappa shape index (κ3) is 3.52. The molecule has 1 aromatic carbocycles. The SMILES string of the molecule is CC1CN(Cc2cc(F)cc(C(=N)N)c2)C(C)CO1. The molecule has 1 heterocycles. The van der Waals surface area contributed by atoms with Crippen molar-refractivity contribution in [2.45, 2.75) is 32.5 Å². The Balaban J connectivity index is 2.16. The first-order valence-electron chi connectivity index (χ1n) is 6.45. The summed E-state index contributed by atoms with van der Waals surface area (Å²) in [7, 11) is 0. The van der Waals surface area contributed by atoms with Crippen molar-refractivity contribution in [3.05, 3.63) is 35.1 Å². The molecule has 1 fully saturated rings. The molecule has 19 heavy (non-hydrogen) atoms. The van der Waals surface area contributed by atoms with Crippen LogP contribution in [0.1, 0.15) is 25.0 Å². The van der Waals surface area contributed by atoms with Crippen LogP contribution in [0.2, 0.25) is 0 Å². The van der Waals surface area contributed by atoms with Crippen molar-refractivity contribution in [1.29, 1.82) is 5.41 Å². The van der Waals surface area contributed by atoms with Crippen LogP contribution in [0, 0.1) is 11.2 Å². The lowest BCUT2D eigenvalue weighted by Crippen LogP contribution is -2.46. The van der Waals surface area contributed by atoms with E-state index in [0.717, 1.165) is 12.1 Å². The van der Waals surface area contributed by atoms with Gasteiger partial charge in [-0.1, -0.05) is 0 Å². The number of nitrogens with zero attached hydrogens (tertiary/aromatic N) is 1. The molecule has 0 amide bonds. The molecule has 3 N–H and O–H groups in total. The van der Waals surface area contributed by atoms with Gasteiger partial charge in [-0.3, -0.25) is 10.3 Å². The summed E-state index contributed by atoms with van der Waals surface area (Å²) in [5.41, 5.74) is 6.69. The molecule has 0 bridgehead atoms. The maximum absolute atomic E-state index is 13.5. The van der Waals surface area contributed by atoms with Crippen LogP contribution in [0.3, 0.4) is 0 Å². The third-order valence-corrected chi connectivity index (χ3v) is 3.39. The number of nitrogens with two attached hydrogens (primary N) is 1. The largest absolute Gasteiger partial charge is 0.384 e. The van der Waals surface area contributed by atoms with Gasteiger partial charge in [0, 0.05) is 24.7 Å². The minimum Gasteiger partial charge on any atom is -0.384 e. The Morgan fingerprint density at radius 3 is 2.89 bits per heavy atom. The molecule has 0 saturated carbocycles. The Hall–Kier alpha value is -1.46. The van der Waals surface area contributed by atoms with Gasteiger partial charge in [0.15, 0.2) is 0 Å². The number of nitrogen functional groups attached to an aromatic ring is 1. The lowest BCUT2D eigenvalue weighted by Gasteiger charge is -2.36. The van der Waals surface area contributed by atoms with Crippen LogP contribution in [0.15, 0.2) is 18.2 Å². The van der Waals surface area contributed by atoms with Crippen LogP contribution in [-0.2, 0) is 11.3 Å². The van der Waals surface area contributed by atoms with Crippen LogP contribution < -0.4 is 5.73 Å². The summed E-state index contributed by atoms with van der Waals surface area (Å²) < 4.78 is 19.1. The maximum atomic E-state index is 13.5. The number of hydrogen-bond donors (Lipinski definition) is 2. The second-order valence-corrected chi connectivity index (χ2v) is 5.18. The van der Waals surface area contributed by atoms with Crippen LogP contribution in [-0.4, -0.2) is 36.0 Å². The lowest BCUT2D eigenvalue weighted by atomic mass is 10.1. The smallest absolute Gasteiger partial charge is 0.124 e. The van der Waals surface area contributed by atoms with E-state index in [9.17, 15) is 4.39 Å². The van der Waals surface area contributed by atoms with E-state index in [1.165, 1.54) is 12.1 Å². The number of halogens is 1. The normalized spacial score (nSPS) is 24.4. The summed E-state index contributed by atoms with van der Waals surface area (Å²) >= 11 is 0. The fourth-order valence-electron chi connectivity index (χ4n) is 2.32. The summed E-state index contributed by atoms with van der Waals surface area (Å²) in [4.78, 5) is 2.26. The van der Waals surface area contributed by atoms with Gasteiger partial charge in [-0.15, -0.1) is 0 Å². The van der Waals surface area contributed by atoms with E-state index >= 15 is 0 Å². The van der Waals surface area contributed by atoms with Gasteiger partial charge in [-0.2, -0.15) is 0 Å². The molecule has 4 nitrogen and oxygen atoms in total. The van der Waals surface area contributed by atoms with E-state index in [2.05, 4.69) is 11.8 Å². The van der Waals surface area contributed by atoms with Crippen molar-refractivity contribution >= 4 is 5.84 Å². The first kappa shape index (κ1) is 14.0. The van der Waals surface area contributed by atoms with Gasteiger partial charge in [0.2, 0.25) is 0 Å². The van der Waals surface area contributed by atoms with Crippen molar-refractivity contribution in [3.8, 4) is 0 Å². The fourth-order valence-corrected chi connectivity index (χ4v) is 2.32. The van der Waals surface area contributed by atoms with Crippen LogP contribution in [0.5, 0.6) is 0 Å². The molecular weight excluding hydrogens is 245 g/mol. The van der Waals surface area contributed by atoms with Crippen LogP contribution in [0.25, 0.3) is 0 Å². The summed E-state index contributed by atoms with van der Waals surface area (Å²) in [6.07, 6.45) is 0.192. The maximum Gasteiger partial charge on any atom is 0.124 e. The summed E-state index contributed by atoms with van der Waals surface area (Å²) in [6, 6.07) is 4.87. The minimum atomic E-state index is -0.350. The number of rotatable bonds is 3. The number of amidine groups is 1. The zero-order chi connectivity index (χ0) is 14.0. The molecule has 2 atom stereocenters. The van der Waals surface area contributed by atoms with Crippen molar-refractivity contribution in [1.82, 2.24) is 4.90 Å². The van der Waals surface area contributed by atoms with E-state index in [1.807, 2.05) is 6.92 Å². The van der Waals surface area contributed by atoms with Gasteiger partial charge in [0.05, 0.1) is 12.7 Å². The van der Waals surface area contributed by atoms with Gasteiger partial charge < -0.3 is 10.5 Å². The average molecular weight is 265 g/mol. The quantitative estimate of drug-likeness (QED) is 0.646. The Bertz CT molecular complexity index is 478. The number of benzene rings is 1. The second kappa shape index (κ2) is 5.67. The van der Waals surface area contributed by atoms with Gasteiger partial charge in [-0.25, -0.2) is 4.39 Å². The molecule has 5 heteroatoms. The fraction of sp³-hybridized carbons (Fsp3) is 0.500. The average Bonchev–Trinajstić information content (AvgIpc) is 2.33. The van der Waals surface area contributed by atoms with E-state index < -0.39 is 0 Å². The number of hydrogen-bond acceptors (Lipinski definition) is 3. The van der Waals surface area contributed by atoms with Crippen LogP contribution in [0.4, 0.5) is 4.39 Å². The van der Waals surface area contributed by atoms with Crippen molar-refractivity contribution in [2.24, 2.45) is 5.73 Å². The first-order valence-corrected chi connectivity index (χ1v) is 6.45. The van der Waals surface area contributed by atoms with E-state index in [1.54, 1.807) is 6.07 Å². The topological polar surface area (TPSA) is 62.3 Å². The Morgan fingerprint density at radius 1 is 1.47 bits per heavy atom. The number of morpholine rings is 1. The van der Waals surface area contributed by atoms with Crippen molar-refractivity contribution in [3.63, 3.8) is 0 Å². The summed E-state index contributed by atoms with van der Waals surface area (Å²) in [5.74, 6) is -0.458.